The molecule has 4 heteroatoms. The Kier molecular flexibility index (Phi) is 5.99. The lowest BCUT2D eigenvalue weighted by molar-refractivity contribution is 0.129. The van der Waals surface area contributed by atoms with E-state index in [0.29, 0.717) is 6.01 Å². The molecule has 0 amide bonds. The van der Waals surface area contributed by atoms with Crippen LogP contribution in [0.1, 0.15) is 38.2 Å². The summed E-state index contributed by atoms with van der Waals surface area (Å²) in [6.07, 6.45) is 11.3. The summed E-state index contributed by atoms with van der Waals surface area (Å²) in [5.74, 6) is 0. The van der Waals surface area contributed by atoms with Crippen LogP contribution >= 0.6 is 0 Å². The average Bonchev–Trinajstić information content (AvgIpc) is 2.98. The van der Waals surface area contributed by atoms with Gasteiger partial charge in [-0.1, -0.05) is 13.0 Å². The van der Waals surface area contributed by atoms with Gasteiger partial charge in [0.25, 0.3) is 0 Å². The summed E-state index contributed by atoms with van der Waals surface area (Å²) in [5.41, 5.74) is 1.14. The molecule has 0 aromatic carbocycles. The van der Waals surface area contributed by atoms with Gasteiger partial charge in [-0.05, 0) is 50.8 Å². The first-order valence-corrected chi connectivity index (χ1v) is 7.62. The van der Waals surface area contributed by atoms with Crippen LogP contribution in [0.15, 0.2) is 25.0 Å². The lowest BCUT2D eigenvalue weighted by Crippen LogP contribution is -2.34. The largest absolute Gasteiger partial charge is 0.459 e. The molecule has 0 spiro atoms. The van der Waals surface area contributed by atoms with Gasteiger partial charge in [-0.2, -0.15) is 0 Å². The Hall–Kier alpha value is -1.42. The molecule has 1 aromatic rings. The van der Waals surface area contributed by atoms with Crippen molar-refractivity contribution >= 4 is 0 Å². The number of aryl methyl sites for hydroxylation is 1. The van der Waals surface area contributed by atoms with Crippen LogP contribution in [0.5, 0.6) is 6.01 Å². The van der Waals surface area contributed by atoms with Crippen LogP contribution in [-0.2, 0) is 6.42 Å². The Balaban J connectivity index is 1.92. The number of rotatable bonds is 8. The van der Waals surface area contributed by atoms with Crippen molar-refractivity contribution in [2.75, 3.05) is 19.6 Å². The van der Waals surface area contributed by atoms with Gasteiger partial charge in [-0.15, -0.1) is 6.58 Å². The molecule has 1 saturated heterocycles. The lowest BCUT2D eigenvalue weighted by atomic mass is 10.2. The van der Waals surface area contributed by atoms with E-state index in [1.54, 1.807) is 0 Å². The average molecular weight is 275 g/mol. The summed E-state index contributed by atoms with van der Waals surface area (Å²) >= 11 is 0. The summed E-state index contributed by atoms with van der Waals surface area (Å²) in [5, 5.41) is 0. The summed E-state index contributed by atoms with van der Waals surface area (Å²) in [7, 11) is 0. The molecule has 1 aliphatic heterocycles. The number of allylic oxidation sites excluding steroid dienone is 1. The molecular formula is C16H25N3O. The zero-order valence-electron chi connectivity index (χ0n) is 12.4. The van der Waals surface area contributed by atoms with Crippen LogP contribution in [0, 0.1) is 0 Å². The van der Waals surface area contributed by atoms with Gasteiger partial charge in [0.1, 0.15) is 6.10 Å². The maximum atomic E-state index is 5.97. The first-order valence-electron chi connectivity index (χ1n) is 7.62. The lowest BCUT2D eigenvalue weighted by Gasteiger charge is -2.23. The Morgan fingerprint density at radius 3 is 2.65 bits per heavy atom. The molecule has 4 nitrogen and oxygen atoms in total. The topological polar surface area (TPSA) is 38.2 Å². The van der Waals surface area contributed by atoms with E-state index in [9.17, 15) is 0 Å². The highest BCUT2D eigenvalue weighted by Crippen LogP contribution is 2.14. The predicted octanol–water partition coefficient (Wildman–Crippen LogP) is 2.85. The Bertz CT molecular complexity index is 399. The van der Waals surface area contributed by atoms with Crippen LogP contribution in [-0.4, -0.2) is 40.6 Å². The highest BCUT2D eigenvalue weighted by Gasteiger charge is 2.19. The number of aromatic nitrogens is 2. The van der Waals surface area contributed by atoms with Crippen molar-refractivity contribution in [2.45, 2.75) is 45.1 Å². The summed E-state index contributed by atoms with van der Waals surface area (Å²) in [4.78, 5) is 11.1. The summed E-state index contributed by atoms with van der Waals surface area (Å²) in [6.45, 7) is 9.22. The van der Waals surface area contributed by atoms with Gasteiger partial charge in [-0.3, -0.25) is 4.90 Å². The Morgan fingerprint density at radius 1 is 1.35 bits per heavy atom. The van der Waals surface area contributed by atoms with E-state index in [-0.39, 0.29) is 6.10 Å². The summed E-state index contributed by atoms with van der Waals surface area (Å²) < 4.78 is 5.97. The molecule has 1 atom stereocenters. The van der Waals surface area contributed by atoms with Gasteiger partial charge in [-0.25, -0.2) is 9.97 Å². The van der Waals surface area contributed by atoms with Gasteiger partial charge in [0.05, 0.1) is 0 Å². The standard InChI is InChI=1S/C16H25N3O/c1-3-5-8-15(13-19-9-6-7-10-19)20-16-17-11-14(4-2)12-18-16/h3,11-12,15H,1,4-10,13H2,2H3/t15-/m0/s1. The molecule has 110 valence electrons. The molecule has 0 bridgehead atoms. The number of nitrogens with zero attached hydrogens (tertiary/aromatic N) is 3. The second-order valence-corrected chi connectivity index (χ2v) is 5.34. The third-order valence-corrected chi connectivity index (χ3v) is 3.72. The molecule has 1 aliphatic rings. The maximum Gasteiger partial charge on any atom is 0.316 e. The molecule has 0 saturated carbocycles. The minimum Gasteiger partial charge on any atom is -0.459 e. The van der Waals surface area contributed by atoms with E-state index < -0.39 is 0 Å². The zero-order chi connectivity index (χ0) is 14.2. The fourth-order valence-electron chi connectivity index (χ4n) is 2.48. The van der Waals surface area contributed by atoms with Gasteiger partial charge in [0, 0.05) is 18.9 Å². The number of likely N-dealkylation sites (tertiary alicyclic amines) is 1. The quantitative estimate of drug-likeness (QED) is 0.684. The predicted molar refractivity (Wildman–Crippen MR) is 80.9 cm³/mol. The number of hydrogen-bond donors (Lipinski definition) is 0. The van der Waals surface area contributed by atoms with Crippen molar-refractivity contribution in [2.24, 2.45) is 0 Å². The van der Waals surface area contributed by atoms with Crippen LogP contribution in [0.25, 0.3) is 0 Å². The van der Waals surface area contributed by atoms with Crippen molar-refractivity contribution in [3.05, 3.63) is 30.6 Å². The SMILES string of the molecule is C=CCC[C@@H](CN1CCCC1)Oc1ncc(CC)cn1. The van der Waals surface area contributed by atoms with Crippen LogP contribution in [0.4, 0.5) is 0 Å². The first-order chi connectivity index (χ1) is 9.81. The molecule has 0 N–H and O–H groups in total. The van der Waals surface area contributed by atoms with Crippen LogP contribution < -0.4 is 4.74 Å². The molecule has 0 unspecified atom stereocenters. The van der Waals surface area contributed by atoms with Gasteiger partial charge in [0.2, 0.25) is 0 Å². The van der Waals surface area contributed by atoms with E-state index in [1.165, 1.54) is 25.9 Å². The van der Waals surface area contributed by atoms with E-state index in [1.807, 2.05) is 18.5 Å². The Morgan fingerprint density at radius 2 is 2.05 bits per heavy atom. The molecule has 2 rings (SSSR count). The van der Waals surface area contributed by atoms with Gasteiger partial charge in [0.15, 0.2) is 0 Å². The third-order valence-electron chi connectivity index (χ3n) is 3.72. The van der Waals surface area contributed by atoms with E-state index in [0.717, 1.165) is 31.4 Å². The van der Waals surface area contributed by atoms with Crippen LogP contribution in [0.2, 0.25) is 0 Å². The first kappa shape index (κ1) is 15.0. The van der Waals surface area contributed by atoms with Crippen molar-refractivity contribution in [3.63, 3.8) is 0 Å². The highest BCUT2D eigenvalue weighted by atomic mass is 16.5. The summed E-state index contributed by atoms with van der Waals surface area (Å²) in [6, 6.07) is 0.496. The molecule has 2 heterocycles. The second-order valence-electron chi connectivity index (χ2n) is 5.34. The van der Waals surface area contributed by atoms with Gasteiger partial charge >= 0.3 is 6.01 Å². The Labute approximate surface area is 121 Å². The number of ether oxygens (including phenoxy) is 1. The zero-order valence-corrected chi connectivity index (χ0v) is 12.4. The number of hydrogen-bond acceptors (Lipinski definition) is 4. The normalized spacial score (nSPS) is 17.1. The van der Waals surface area contributed by atoms with Crippen molar-refractivity contribution in [3.8, 4) is 6.01 Å². The van der Waals surface area contributed by atoms with Crippen molar-refractivity contribution in [1.29, 1.82) is 0 Å². The molecular weight excluding hydrogens is 250 g/mol. The van der Waals surface area contributed by atoms with Crippen molar-refractivity contribution in [1.82, 2.24) is 14.9 Å². The third kappa shape index (κ3) is 4.60. The maximum absolute atomic E-state index is 5.97. The smallest absolute Gasteiger partial charge is 0.316 e. The van der Waals surface area contributed by atoms with Gasteiger partial charge < -0.3 is 4.74 Å². The molecule has 20 heavy (non-hydrogen) atoms. The fraction of sp³-hybridized carbons (Fsp3) is 0.625. The molecule has 1 aromatic heterocycles. The molecule has 0 aliphatic carbocycles. The second kappa shape index (κ2) is 8.00. The molecule has 1 fully saturated rings. The van der Waals surface area contributed by atoms with E-state index in [4.69, 9.17) is 4.74 Å². The monoisotopic (exact) mass is 275 g/mol. The minimum atomic E-state index is 0.151. The fourth-order valence-corrected chi connectivity index (χ4v) is 2.48. The minimum absolute atomic E-state index is 0.151. The van der Waals surface area contributed by atoms with E-state index >= 15 is 0 Å². The van der Waals surface area contributed by atoms with E-state index in [2.05, 4.69) is 28.4 Å². The molecule has 0 radical (unpaired) electrons. The highest BCUT2D eigenvalue weighted by molar-refractivity contribution is 5.07. The van der Waals surface area contributed by atoms with Crippen molar-refractivity contribution < 1.29 is 4.74 Å². The van der Waals surface area contributed by atoms with Crippen LogP contribution in [0.3, 0.4) is 0 Å².